The molecule has 0 aromatic heterocycles. The van der Waals surface area contributed by atoms with E-state index in [0.717, 1.165) is 29.0 Å². The second kappa shape index (κ2) is 12.1. The lowest BCUT2D eigenvalue weighted by Gasteiger charge is -2.14. The van der Waals surface area contributed by atoms with Crippen molar-refractivity contribution in [3.8, 4) is 5.75 Å². The Labute approximate surface area is 197 Å². The van der Waals surface area contributed by atoms with Crippen molar-refractivity contribution in [2.24, 2.45) is 4.99 Å². The molecule has 2 aromatic rings. The van der Waals surface area contributed by atoms with Gasteiger partial charge in [0, 0.05) is 32.7 Å². The molecule has 0 saturated heterocycles. The first kappa shape index (κ1) is 26.2. The molecule has 7 nitrogen and oxygen atoms in total. The number of benzene rings is 2. The molecule has 0 heterocycles. The minimum absolute atomic E-state index is 0. The third-order valence-electron chi connectivity index (χ3n) is 4.35. The average molecular weight is 546 g/mol. The van der Waals surface area contributed by atoms with Gasteiger partial charge in [0.15, 0.2) is 5.96 Å². The first-order chi connectivity index (χ1) is 13.8. The van der Waals surface area contributed by atoms with Gasteiger partial charge in [-0.25, -0.2) is 17.7 Å². The second-order valence-electron chi connectivity index (χ2n) is 6.80. The summed E-state index contributed by atoms with van der Waals surface area (Å²) in [4.78, 5) is 4.86. The van der Waals surface area contributed by atoms with E-state index in [-0.39, 0.29) is 28.9 Å². The largest absolute Gasteiger partial charge is 0.496 e. The highest BCUT2D eigenvalue weighted by Crippen LogP contribution is 2.19. The summed E-state index contributed by atoms with van der Waals surface area (Å²) in [5.74, 6) is 1.52. The Morgan fingerprint density at radius 2 is 1.77 bits per heavy atom. The van der Waals surface area contributed by atoms with E-state index < -0.39 is 10.0 Å². The number of hydrogen-bond donors (Lipinski definition) is 2. The van der Waals surface area contributed by atoms with Crippen LogP contribution in [-0.2, 0) is 23.1 Å². The summed E-state index contributed by atoms with van der Waals surface area (Å²) >= 11 is 0. The molecule has 0 aliphatic heterocycles. The number of nitrogens with zero attached hydrogens (tertiary/aromatic N) is 2. The predicted molar refractivity (Wildman–Crippen MR) is 132 cm³/mol. The molecule has 0 saturated carbocycles. The van der Waals surface area contributed by atoms with Crippen LogP contribution in [0.1, 0.15) is 23.6 Å². The average Bonchev–Trinajstić information content (AvgIpc) is 2.70. The van der Waals surface area contributed by atoms with Gasteiger partial charge in [0.1, 0.15) is 5.75 Å². The summed E-state index contributed by atoms with van der Waals surface area (Å²) in [5.41, 5.74) is 3.11. The predicted octanol–water partition coefficient (Wildman–Crippen LogP) is 3.13. The number of sulfonamides is 1. The Morgan fingerprint density at radius 1 is 1.10 bits per heavy atom. The van der Waals surface area contributed by atoms with E-state index in [9.17, 15) is 8.42 Å². The number of aryl methyl sites for hydroxylation is 1. The molecular formula is C21H31IN4O3S. The minimum atomic E-state index is -3.42. The smallest absolute Gasteiger partial charge is 0.242 e. The lowest BCUT2D eigenvalue weighted by Crippen LogP contribution is -2.36. The van der Waals surface area contributed by atoms with Crippen LogP contribution in [-0.4, -0.2) is 46.4 Å². The van der Waals surface area contributed by atoms with Crippen LogP contribution in [0.2, 0.25) is 0 Å². The van der Waals surface area contributed by atoms with Crippen LogP contribution in [0, 0.1) is 6.92 Å². The first-order valence-electron chi connectivity index (χ1n) is 9.45. The van der Waals surface area contributed by atoms with Crippen molar-refractivity contribution in [1.82, 2.24) is 14.9 Å². The molecule has 0 fully saturated rings. The summed E-state index contributed by atoms with van der Waals surface area (Å²) in [7, 11) is 1.28. The van der Waals surface area contributed by atoms with Gasteiger partial charge in [-0.3, -0.25) is 0 Å². The minimum Gasteiger partial charge on any atom is -0.496 e. The third kappa shape index (κ3) is 7.13. The van der Waals surface area contributed by atoms with Gasteiger partial charge < -0.3 is 15.4 Å². The maximum absolute atomic E-state index is 12.2. The Kier molecular flexibility index (Phi) is 10.6. The van der Waals surface area contributed by atoms with Gasteiger partial charge in [0.25, 0.3) is 0 Å². The number of guanidine groups is 1. The zero-order valence-electron chi connectivity index (χ0n) is 18.1. The number of aliphatic imine (C=N–C) groups is 1. The van der Waals surface area contributed by atoms with E-state index in [0.29, 0.717) is 19.0 Å². The van der Waals surface area contributed by atoms with Gasteiger partial charge in [-0.05, 0) is 43.2 Å². The molecule has 2 rings (SSSR count). The van der Waals surface area contributed by atoms with Crippen molar-refractivity contribution in [2.75, 3.05) is 27.7 Å². The molecule has 9 heteroatoms. The van der Waals surface area contributed by atoms with Gasteiger partial charge in [-0.15, -0.1) is 24.0 Å². The van der Waals surface area contributed by atoms with E-state index in [1.807, 2.05) is 32.0 Å². The molecule has 0 aliphatic carbocycles. The van der Waals surface area contributed by atoms with Crippen molar-refractivity contribution in [3.05, 3.63) is 59.2 Å². The highest BCUT2D eigenvalue weighted by atomic mass is 127. The lowest BCUT2D eigenvalue weighted by molar-refractivity contribution is 0.408. The van der Waals surface area contributed by atoms with Gasteiger partial charge in [-0.1, -0.05) is 24.3 Å². The fraction of sp³-hybridized carbons (Fsp3) is 0.381. The highest BCUT2D eigenvalue weighted by Gasteiger charge is 2.16. The topological polar surface area (TPSA) is 83.0 Å². The van der Waals surface area contributed by atoms with Crippen LogP contribution in [0.4, 0.5) is 0 Å². The highest BCUT2D eigenvalue weighted by molar-refractivity contribution is 14.0. The summed E-state index contributed by atoms with van der Waals surface area (Å²) in [6.07, 6.45) is 0. The lowest BCUT2D eigenvalue weighted by atomic mass is 10.1. The summed E-state index contributed by atoms with van der Waals surface area (Å²) in [6, 6.07) is 12.9. The molecule has 2 N–H and O–H groups in total. The summed E-state index contributed by atoms with van der Waals surface area (Å²) in [5, 5.41) is 6.53. The molecule has 0 atom stereocenters. The number of nitrogens with one attached hydrogen (secondary N) is 2. The molecule has 30 heavy (non-hydrogen) atoms. The van der Waals surface area contributed by atoms with Crippen LogP contribution in [0.5, 0.6) is 5.75 Å². The maximum atomic E-state index is 12.2. The fourth-order valence-corrected chi connectivity index (χ4v) is 3.57. The number of halogens is 1. The SMILES string of the molecule is CCNC(=NCc1ccc(S(=O)(=O)N(C)C)cc1)NCc1ccc(C)cc1OC.I. The Morgan fingerprint density at radius 3 is 2.33 bits per heavy atom. The van der Waals surface area contributed by atoms with E-state index in [1.165, 1.54) is 18.4 Å². The van der Waals surface area contributed by atoms with Crippen molar-refractivity contribution < 1.29 is 13.2 Å². The molecule has 0 unspecified atom stereocenters. The van der Waals surface area contributed by atoms with E-state index in [2.05, 4.69) is 15.6 Å². The van der Waals surface area contributed by atoms with Crippen molar-refractivity contribution in [3.63, 3.8) is 0 Å². The molecule has 0 amide bonds. The Balaban J connectivity index is 0.00000450. The second-order valence-corrected chi connectivity index (χ2v) is 8.95. The van der Waals surface area contributed by atoms with Gasteiger partial charge in [0.05, 0.1) is 18.6 Å². The quantitative estimate of drug-likeness (QED) is 0.302. The molecule has 0 bridgehead atoms. The van der Waals surface area contributed by atoms with Crippen LogP contribution in [0.3, 0.4) is 0 Å². The maximum Gasteiger partial charge on any atom is 0.242 e. The zero-order chi connectivity index (χ0) is 21.4. The molecule has 0 radical (unpaired) electrons. The standard InChI is InChI=1S/C21H30N4O3S.HI/c1-6-22-21(24-15-18-10-7-16(2)13-20(18)28-5)23-14-17-8-11-19(12-9-17)29(26,27)25(3)4;/h7-13H,6,14-15H2,1-5H3,(H2,22,23,24);1H. The van der Waals surface area contributed by atoms with Gasteiger partial charge in [0.2, 0.25) is 10.0 Å². The third-order valence-corrected chi connectivity index (χ3v) is 6.18. The molecule has 2 aromatic carbocycles. The zero-order valence-corrected chi connectivity index (χ0v) is 21.2. The Bertz CT molecular complexity index is 945. The summed E-state index contributed by atoms with van der Waals surface area (Å²) < 4.78 is 31.0. The summed E-state index contributed by atoms with van der Waals surface area (Å²) in [6.45, 7) is 5.78. The van der Waals surface area contributed by atoms with Crippen LogP contribution in [0.25, 0.3) is 0 Å². The van der Waals surface area contributed by atoms with Crippen LogP contribution >= 0.6 is 24.0 Å². The van der Waals surface area contributed by atoms with Crippen molar-refractivity contribution >= 4 is 40.0 Å². The Hall–Kier alpha value is -1.85. The number of methoxy groups -OCH3 is 1. The number of hydrogen-bond acceptors (Lipinski definition) is 4. The van der Waals surface area contributed by atoms with E-state index in [1.54, 1.807) is 31.4 Å². The van der Waals surface area contributed by atoms with Crippen LogP contribution in [0.15, 0.2) is 52.4 Å². The van der Waals surface area contributed by atoms with Crippen molar-refractivity contribution in [2.45, 2.75) is 31.8 Å². The van der Waals surface area contributed by atoms with E-state index in [4.69, 9.17) is 4.74 Å². The number of rotatable bonds is 8. The first-order valence-corrected chi connectivity index (χ1v) is 10.9. The van der Waals surface area contributed by atoms with Crippen molar-refractivity contribution in [1.29, 1.82) is 0 Å². The molecule has 166 valence electrons. The molecule has 0 spiro atoms. The van der Waals surface area contributed by atoms with Gasteiger partial charge in [-0.2, -0.15) is 0 Å². The molecular weight excluding hydrogens is 515 g/mol. The molecule has 0 aliphatic rings. The number of ether oxygens (including phenoxy) is 1. The van der Waals surface area contributed by atoms with E-state index >= 15 is 0 Å². The van der Waals surface area contributed by atoms with Gasteiger partial charge >= 0.3 is 0 Å². The monoisotopic (exact) mass is 546 g/mol. The normalized spacial score (nSPS) is 11.7. The fourth-order valence-electron chi connectivity index (χ4n) is 2.67. The van der Waals surface area contributed by atoms with Crippen LogP contribution < -0.4 is 15.4 Å².